The topological polar surface area (TPSA) is 15.6 Å². The summed E-state index contributed by atoms with van der Waals surface area (Å²) in [6.07, 6.45) is 3.18. The van der Waals surface area contributed by atoms with Crippen LogP contribution in [0.5, 0.6) is 0 Å². The lowest BCUT2D eigenvalue weighted by Crippen LogP contribution is -2.58. The first kappa shape index (κ1) is 20.1. The van der Waals surface area contributed by atoms with Crippen LogP contribution < -0.4 is 0 Å². The number of hydrogen-bond acceptors (Lipinski definition) is 2. The Morgan fingerprint density at radius 3 is 2.10 bits per heavy atom. The summed E-state index contributed by atoms with van der Waals surface area (Å²) in [6.45, 7) is 3.01. The van der Waals surface area contributed by atoms with Gasteiger partial charge in [0.05, 0.1) is 6.04 Å². The predicted molar refractivity (Wildman–Crippen MR) is 125 cm³/mol. The van der Waals surface area contributed by atoms with E-state index in [2.05, 4.69) is 65.6 Å². The molecule has 3 fully saturated rings. The molecule has 2 nitrogen and oxygen atoms in total. The molecular weight excluding hydrogens is 383 g/mol. The molecule has 0 N–H and O–H groups in total. The lowest BCUT2D eigenvalue weighted by atomic mass is 9.72. The number of halogens is 1. The summed E-state index contributed by atoms with van der Waals surface area (Å²) in [5, 5.41) is 0. The number of nitrogens with zero attached hydrogens (tertiary/aromatic N) is 2. The highest BCUT2D eigenvalue weighted by Gasteiger charge is 2.43. The van der Waals surface area contributed by atoms with Crippen LogP contribution in [0.15, 0.2) is 89.9 Å². The molecular formula is C28H29FN2. The first-order valence-corrected chi connectivity index (χ1v) is 11.4. The first-order valence-electron chi connectivity index (χ1n) is 11.4. The van der Waals surface area contributed by atoms with Crippen molar-refractivity contribution in [3.8, 4) is 0 Å². The van der Waals surface area contributed by atoms with Crippen molar-refractivity contribution < 1.29 is 4.39 Å². The Hall–Kier alpha value is -2.78. The third-order valence-electron chi connectivity index (χ3n) is 6.86. The van der Waals surface area contributed by atoms with Crippen LogP contribution in [0.1, 0.15) is 35.4 Å². The highest BCUT2D eigenvalue weighted by atomic mass is 19.1. The fourth-order valence-corrected chi connectivity index (χ4v) is 5.39. The number of hydrogen-bond donors (Lipinski definition) is 0. The van der Waals surface area contributed by atoms with Crippen molar-refractivity contribution in [2.45, 2.75) is 31.2 Å². The second-order valence-corrected chi connectivity index (χ2v) is 8.74. The van der Waals surface area contributed by atoms with Gasteiger partial charge < -0.3 is 0 Å². The van der Waals surface area contributed by atoms with Gasteiger partial charge >= 0.3 is 0 Å². The van der Waals surface area contributed by atoms with Gasteiger partial charge in [-0.15, -0.1) is 0 Å². The van der Waals surface area contributed by atoms with E-state index in [1.807, 2.05) is 6.07 Å². The van der Waals surface area contributed by atoms with Gasteiger partial charge in [-0.05, 0) is 61.2 Å². The lowest BCUT2D eigenvalue weighted by Gasteiger charge is -2.49. The van der Waals surface area contributed by atoms with Gasteiger partial charge in [-0.1, -0.05) is 72.8 Å². The van der Waals surface area contributed by atoms with E-state index >= 15 is 0 Å². The smallest absolute Gasteiger partial charge is 0.123 e. The van der Waals surface area contributed by atoms with Crippen LogP contribution in [-0.4, -0.2) is 36.3 Å². The molecule has 3 heteroatoms. The quantitative estimate of drug-likeness (QED) is 0.504. The number of rotatable bonds is 6. The lowest BCUT2D eigenvalue weighted by molar-refractivity contribution is 0.136. The molecule has 3 aromatic rings. The fraction of sp³-hybridized carbons (Fsp3) is 0.321. The normalized spacial score (nSPS) is 24.1. The Bertz CT molecular complexity index is 984. The molecule has 1 unspecified atom stereocenters. The molecule has 3 aliphatic rings. The van der Waals surface area contributed by atoms with Crippen LogP contribution in [0.2, 0.25) is 0 Å². The molecule has 3 heterocycles. The third-order valence-corrected chi connectivity index (χ3v) is 6.86. The van der Waals surface area contributed by atoms with Gasteiger partial charge in [-0.3, -0.25) is 9.89 Å². The van der Waals surface area contributed by atoms with Crippen molar-refractivity contribution in [2.24, 2.45) is 10.9 Å². The first-order chi connectivity index (χ1) is 15.3. The SMILES string of the molecule is Fc1cccc(CCN=C2C3CCN(CC3)C2C(c2ccccc2)c2ccccc2)c1. The van der Waals surface area contributed by atoms with Crippen LogP contribution in [0.25, 0.3) is 0 Å². The van der Waals surface area contributed by atoms with E-state index in [9.17, 15) is 4.39 Å². The number of piperidine rings is 3. The highest BCUT2D eigenvalue weighted by Crippen LogP contribution is 2.40. The van der Waals surface area contributed by atoms with E-state index in [0.717, 1.165) is 31.6 Å². The standard InChI is InChI=1S/C28H29FN2/c29-25-13-7-8-21(20-25)14-17-30-27-24-15-18-31(19-16-24)28(27)26(22-9-3-1-4-10-22)23-11-5-2-6-12-23/h1-13,20,24,26,28H,14-19H2. The largest absolute Gasteiger partial charge is 0.294 e. The second kappa shape index (κ2) is 9.15. The maximum absolute atomic E-state index is 13.6. The van der Waals surface area contributed by atoms with E-state index in [4.69, 9.17) is 4.99 Å². The Labute approximate surface area is 184 Å². The molecule has 0 aromatic heterocycles. The Kier molecular flexibility index (Phi) is 5.95. The summed E-state index contributed by atoms with van der Waals surface area (Å²) < 4.78 is 13.6. The Balaban J connectivity index is 1.49. The Morgan fingerprint density at radius 2 is 1.48 bits per heavy atom. The number of fused-ring (bicyclic) bond motifs is 3. The number of aliphatic imine (C=N–C) groups is 1. The maximum atomic E-state index is 13.6. The average molecular weight is 413 g/mol. The van der Waals surface area contributed by atoms with Crippen molar-refractivity contribution in [3.63, 3.8) is 0 Å². The molecule has 31 heavy (non-hydrogen) atoms. The summed E-state index contributed by atoms with van der Waals surface area (Å²) in [7, 11) is 0. The summed E-state index contributed by atoms with van der Waals surface area (Å²) in [6, 6.07) is 29.0. The molecule has 3 aromatic carbocycles. The van der Waals surface area contributed by atoms with Crippen molar-refractivity contribution >= 4 is 5.71 Å². The minimum atomic E-state index is -0.168. The number of benzene rings is 3. The highest BCUT2D eigenvalue weighted by molar-refractivity contribution is 5.94. The molecule has 1 atom stereocenters. The summed E-state index contributed by atoms with van der Waals surface area (Å²) in [5.41, 5.74) is 5.07. The fourth-order valence-electron chi connectivity index (χ4n) is 5.39. The molecule has 3 aliphatic heterocycles. The predicted octanol–water partition coefficient (Wildman–Crippen LogP) is 5.74. The second-order valence-electron chi connectivity index (χ2n) is 8.74. The van der Waals surface area contributed by atoms with E-state index in [1.54, 1.807) is 12.1 Å². The average Bonchev–Trinajstić information content (AvgIpc) is 2.82. The maximum Gasteiger partial charge on any atom is 0.123 e. The van der Waals surface area contributed by atoms with Gasteiger partial charge in [0.2, 0.25) is 0 Å². The molecule has 0 aliphatic carbocycles. The zero-order valence-corrected chi connectivity index (χ0v) is 17.8. The van der Waals surface area contributed by atoms with E-state index in [0.29, 0.717) is 12.0 Å². The molecule has 0 saturated carbocycles. The van der Waals surface area contributed by atoms with Crippen LogP contribution in [0, 0.1) is 11.7 Å². The molecule has 6 rings (SSSR count). The van der Waals surface area contributed by atoms with Gasteiger partial charge in [-0.2, -0.15) is 0 Å². The minimum absolute atomic E-state index is 0.168. The molecule has 0 spiro atoms. The Morgan fingerprint density at radius 1 is 0.839 bits per heavy atom. The van der Waals surface area contributed by atoms with E-state index in [-0.39, 0.29) is 11.7 Å². The molecule has 0 radical (unpaired) electrons. The van der Waals surface area contributed by atoms with Crippen LogP contribution in [-0.2, 0) is 6.42 Å². The summed E-state index contributed by atoms with van der Waals surface area (Å²) in [4.78, 5) is 7.84. The van der Waals surface area contributed by atoms with E-state index in [1.165, 1.54) is 35.7 Å². The van der Waals surface area contributed by atoms with Gasteiger partial charge in [0, 0.05) is 24.1 Å². The zero-order valence-electron chi connectivity index (χ0n) is 17.8. The van der Waals surface area contributed by atoms with E-state index < -0.39 is 0 Å². The van der Waals surface area contributed by atoms with Crippen molar-refractivity contribution in [3.05, 3.63) is 107 Å². The van der Waals surface area contributed by atoms with Crippen molar-refractivity contribution in [1.82, 2.24) is 4.90 Å². The summed E-state index contributed by atoms with van der Waals surface area (Å²) >= 11 is 0. The molecule has 3 saturated heterocycles. The molecule has 0 amide bonds. The molecule has 2 bridgehead atoms. The third kappa shape index (κ3) is 4.33. The van der Waals surface area contributed by atoms with Crippen LogP contribution >= 0.6 is 0 Å². The monoisotopic (exact) mass is 412 g/mol. The minimum Gasteiger partial charge on any atom is -0.294 e. The van der Waals surface area contributed by atoms with Gasteiger partial charge in [0.1, 0.15) is 5.82 Å². The van der Waals surface area contributed by atoms with Gasteiger partial charge in [-0.25, -0.2) is 4.39 Å². The van der Waals surface area contributed by atoms with Crippen LogP contribution in [0.4, 0.5) is 4.39 Å². The van der Waals surface area contributed by atoms with Gasteiger partial charge in [0.25, 0.3) is 0 Å². The van der Waals surface area contributed by atoms with Gasteiger partial charge in [0.15, 0.2) is 0 Å². The van der Waals surface area contributed by atoms with Crippen LogP contribution in [0.3, 0.4) is 0 Å². The molecule has 158 valence electrons. The summed E-state index contributed by atoms with van der Waals surface area (Å²) in [5.74, 6) is 0.676. The van der Waals surface area contributed by atoms with Crippen molar-refractivity contribution in [2.75, 3.05) is 19.6 Å². The van der Waals surface area contributed by atoms with Crippen molar-refractivity contribution in [1.29, 1.82) is 0 Å². The zero-order chi connectivity index (χ0) is 21.0.